The number of ether oxygens (including phenoxy) is 2. The number of methoxy groups -OCH3 is 1. The minimum Gasteiger partial charge on any atom is -0.493 e. The summed E-state index contributed by atoms with van der Waals surface area (Å²) in [6.07, 6.45) is 0. The molecule has 0 saturated carbocycles. The fourth-order valence-electron chi connectivity index (χ4n) is 1.56. The van der Waals surface area contributed by atoms with Gasteiger partial charge in [-0.15, -0.1) is 0 Å². The smallest absolute Gasteiger partial charge is 0.255 e. The summed E-state index contributed by atoms with van der Waals surface area (Å²) in [6, 6.07) is 5.44. The highest BCUT2D eigenvalue weighted by atomic mass is 16.5. The number of nitrogens with one attached hydrogen (secondary N) is 1. The summed E-state index contributed by atoms with van der Waals surface area (Å²) < 4.78 is 10.6. The molecule has 1 aromatic carbocycles. The van der Waals surface area contributed by atoms with Gasteiger partial charge in [-0.3, -0.25) is 4.79 Å². The van der Waals surface area contributed by atoms with Gasteiger partial charge in [-0.2, -0.15) is 0 Å². The third kappa shape index (κ3) is 4.71. The number of primary amides is 1. The molecule has 0 aliphatic rings. The minimum atomic E-state index is -0.550. The SMILES string of the molecule is COc1cccc(CNC(C)(C)CO)c1OCC(N)=O. The Bertz CT molecular complexity index is 460. The first kappa shape index (κ1) is 16.3. The molecule has 1 rings (SSSR count). The van der Waals surface area contributed by atoms with Gasteiger partial charge in [0.05, 0.1) is 13.7 Å². The molecule has 0 aromatic heterocycles. The number of aliphatic hydroxyl groups excluding tert-OH is 1. The molecule has 0 fully saturated rings. The van der Waals surface area contributed by atoms with Crippen LogP contribution in [0.4, 0.5) is 0 Å². The van der Waals surface area contributed by atoms with Crippen molar-refractivity contribution in [2.45, 2.75) is 25.9 Å². The molecule has 0 radical (unpaired) electrons. The molecule has 4 N–H and O–H groups in total. The zero-order valence-electron chi connectivity index (χ0n) is 12.1. The maximum atomic E-state index is 10.9. The van der Waals surface area contributed by atoms with E-state index in [0.29, 0.717) is 18.0 Å². The van der Waals surface area contributed by atoms with Crippen LogP contribution in [-0.4, -0.2) is 36.9 Å². The standard InChI is InChI=1S/C14H22N2O4/c1-14(2,9-17)16-7-10-5-4-6-11(19-3)13(10)20-8-12(15)18/h4-6,16-17H,7-9H2,1-3H3,(H2,15,18). The van der Waals surface area contributed by atoms with Gasteiger partial charge in [0, 0.05) is 17.6 Å². The molecule has 20 heavy (non-hydrogen) atoms. The van der Waals surface area contributed by atoms with E-state index in [2.05, 4.69) is 5.32 Å². The molecule has 0 heterocycles. The van der Waals surface area contributed by atoms with Gasteiger partial charge in [0.1, 0.15) is 0 Å². The lowest BCUT2D eigenvalue weighted by molar-refractivity contribution is -0.119. The van der Waals surface area contributed by atoms with Crippen molar-refractivity contribution >= 4 is 5.91 Å². The molecule has 0 aliphatic heterocycles. The van der Waals surface area contributed by atoms with Crippen LogP contribution in [0.5, 0.6) is 11.5 Å². The molecule has 6 heteroatoms. The average Bonchev–Trinajstić information content (AvgIpc) is 2.42. The summed E-state index contributed by atoms with van der Waals surface area (Å²) in [7, 11) is 1.53. The second-order valence-corrected chi connectivity index (χ2v) is 5.10. The zero-order valence-corrected chi connectivity index (χ0v) is 12.1. The van der Waals surface area contributed by atoms with Crippen molar-refractivity contribution in [1.82, 2.24) is 5.32 Å². The van der Waals surface area contributed by atoms with E-state index in [1.807, 2.05) is 26.0 Å². The van der Waals surface area contributed by atoms with Crippen LogP contribution in [0.2, 0.25) is 0 Å². The number of aliphatic hydroxyl groups is 1. The number of hydrogen-bond acceptors (Lipinski definition) is 5. The van der Waals surface area contributed by atoms with Gasteiger partial charge in [0.15, 0.2) is 18.1 Å². The Kier molecular flexibility index (Phi) is 5.79. The van der Waals surface area contributed by atoms with Crippen LogP contribution in [0.3, 0.4) is 0 Å². The molecule has 0 unspecified atom stereocenters. The lowest BCUT2D eigenvalue weighted by Gasteiger charge is -2.24. The first-order chi connectivity index (χ1) is 9.39. The first-order valence-corrected chi connectivity index (χ1v) is 6.32. The van der Waals surface area contributed by atoms with Crippen molar-refractivity contribution in [3.63, 3.8) is 0 Å². The fraction of sp³-hybridized carbons (Fsp3) is 0.500. The predicted octanol–water partition coefficient (Wildman–Crippen LogP) is 0.420. The van der Waals surface area contributed by atoms with Crippen molar-refractivity contribution in [2.24, 2.45) is 5.73 Å². The highest BCUT2D eigenvalue weighted by Crippen LogP contribution is 2.31. The second-order valence-electron chi connectivity index (χ2n) is 5.10. The van der Waals surface area contributed by atoms with E-state index in [0.717, 1.165) is 5.56 Å². The molecule has 0 saturated heterocycles. The number of hydrogen-bond donors (Lipinski definition) is 3. The van der Waals surface area contributed by atoms with Crippen molar-refractivity contribution in [1.29, 1.82) is 0 Å². The van der Waals surface area contributed by atoms with Crippen molar-refractivity contribution in [3.8, 4) is 11.5 Å². The Morgan fingerprint density at radius 3 is 2.70 bits per heavy atom. The molecule has 1 aromatic rings. The van der Waals surface area contributed by atoms with E-state index in [9.17, 15) is 9.90 Å². The Balaban J connectivity index is 2.90. The van der Waals surface area contributed by atoms with Gasteiger partial charge in [-0.1, -0.05) is 12.1 Å². The summed E-state index contributed by atoms with van der Waals surface area (Å²) in [4.78, 5) is 10.9. The van der Waals surface area contributed by atoms with E-state index < -0.39 is 11.4 Å². The number of benzene rings is 1. The average molecular weight is 282 g/mol. The van der Waals surface area contributed by atoms with Gasteiger partial charge in [-0.25, -0.2) is 0 Å². The van der Waals surface area contributed by atoms with E-state index in [-0.39, 0.29) is 13.2 Å². The van der Waals surface area contributed by atoms with Gasteiger partial charge in [0.2, 0.25) is 0 Å². The lowest BCUT2D eigenvalue weighted by Crippen LogP contribution is -2.42. The quantitative estimate of drug-likeness (QED) is 0.642. The van der Waals surface area contributed by atoms with Gasteiger partial charge < -0.3 is 25.6 Å². The number of para-hydroxylation sites is 1. The van der Waals surface area contributed by atoms with Crippen LogP contribution < -0.4 is 20.5 Å². The van der Waals surface area contributed by atoms with Gasteiger partial charge in [0.25, 0.3) is 5.91 Å². The van der Waals surface area contributed by atoms with Gasteiger partial charge in [-0.05, 0) is 19.9 Å². The molecule has 0 spiro atoms. The predicted molar refractivity (Wildman–Crippen MR) is 75.7 cm³/mol. The van der Waals surface area contributed by atoms with E-state index in [1.165, 1.54) is 7.11 Å². The van der Waals surface area contributed by atoms with Crippen molar-refractivity contribution in [3.05, 3.63) is 23.8 Å². The van der Waals surface area contributed by atoms with Crippen LogP contribution in [-0.2, 0) is 11.3 Å². The summed E-state index contributed by atoms with van der Waals surface area (Å²) >= 11 is 0. The van der Waals surface area contributed by atoms with E-state index in [1.54, 1.807) is 6.07 Å². The highest BCUT2D eigenvalue weighted by molar-refractivity contribution is 5.75. The topological polar surface area (TPSA) is 93.8 Å². The molecule has 112 valence electrons. The van der Waals surface area contributed by atoms with Crippen LogP contribution in [0.25, 0.3) is 0 Å². The first-order valence-electron chi connectivity index (χ1n) is 6.32. The maximum Gasteiger partial charge on any atom is 0.255 e. The Labute approximate surface area is 118 Å². The Morgan fingerprint density at radius 2 is 2.15 bits per heavy atom. The maximum absolute atomic E-state index is 10.9. The van der Waals surface area contributed by atoms with Crippen LogP contribution in [0, 0.1) is 0 Å². The minimum absolute atomic E-state index is 0.00838. The third-order valence-corrected chi connectivity index (χ3v) is 2.79. The summed E-state index contributed by atoms with van der Waals surface area (Å²) in [6.45, 7) is 4.04. The molecular formula is C14H22N2O4. The normalized spacial score (nSPS) is 11.2. The van der Waals surface area contributed by atoms with Crippen LogP contribution in [0.1, 0.15) is 19.4 Å². The van der Waals surface area contributed by atoms with E-state index >= 15 is 0 Å². The number of carbonyl (C=O) groups excluding carboxylic acids is 1. The summed E-state index contributed by atoms with van der Waals surface area (Å²) in [5, 5.41) is 12.4. The van der Waals surface area contributed by atoms with Crippen molar-refractivity contribution < 1.29 is 19.4 Å². The largest absolute Gasteiger partial charge is 0.493 e. The molecule has 0 atom stereocenters. The number of nitrogens with two attached hydrogens (primary N) is 1. The molecule has 0 bridgehead atoms. The highest BCUT2D eigenvalue weighted by Gasteiger charge is 2.18. The van der Waals surface area contributed by atoms with Gasteiger partial charge >= 0.3 is 0 Å². The lowest BCUT2D eigenvalue weighted by atomic mass is 10.1. The van der Waals surface area contributed by atoms with Crippen LogP contribution in [0.15, 0.2) is 18.2 Å². The molecule has 0 aliphatic carbocycles. The second kappa shape index (κ2) is 7.12. The molecule has 6 nitrogen and oxygen atoms in total. The van der Waals surface area contributed by atoms with Crippen molar-refractivity contribution in [2.75, 3.05) is 20.3 Å². The summed E-state index contributed by atoms with van der Waals surface area (Å²) in [5.41, 5.74) is 5.51. The molecular weight excluding hydrogens is 260 g/mol. The number of carbonyl (C=O) groups is 1. The third-order valence-electron chi connectivity index (χ3n) is 2.79. The summed E-state index contributed by atoms with van der Waals surface area (Å²) in [5.74, 6) is 0.466. The number of rotatable bonds is 8. The monoisotopic (exact) mass is 282 g/mol. The Hall–Kier alpha value is -1.79. The van der Waals surface area contributed by atoms with Crippen LogP contribution >= 0.6 is 0 Å². The Morgan fingerprint density at radius 1 is 1.45 bits per heavy atom. The fourth-order valence-corrected chi connectivity index (χ4v) is 1.56. The zero-order chi connectivity index (χ0) is 15.2. The molecule has 1 amide bonds. The van der Waals surface area contributed by atoms with E-state index in [4.69, 9.17) is 15.2 Å². The number of amides is 1.